The Balaban J connectivity index is 2.16. The lowest BCUT2D eigenvalue weighted by Gasteiger charge is -2.47. The van der Waals surface area contributed by atoms with Crippen molar-refractivity contribution in [3.63, 3.8) is 0 Å². The van der Waals surface area contributed by atoms with Crippen LogP contribution in [0.1, 0.15) is 38.8 Å². The zero-order chi connectivity index (χ0) is 15.8. The lowest BCUT2D eigenvalue weighted by Crippen LogP contribution is -2.56. The van der Waals surface area contributed by atoms with Crippen molar-refractivity contribution in [2.24, 2.45) is 5.73 Å². The average molecular weight is 293 g/mol. The van der Waals surface area contributed by atoms with E-state index in [-0.39, 0.29) is 22.9 Å². The van der Waals surface area contributed by atoms with Gasteiger partial charge in [-0.1, -0.05) is 12.1 Å². The number of nitrogens with one attached hydrogen (secondary N) is 1. The first kappa shape index (κ1) is 15.9. The Kier molecular flexibility index (Phi) is 4.08. The topological polar surface area (TPSA) is 62.3 Å². The minimum absolute atomic E-state index is 0.117. The fourth-order valence-corrected chi connectivity index (χ4v) is 3.14. The fraction of sp³-hybridized carbons (Fsp3) is 0.562. The molecule has 0 unspecified atom stereocenters. The van der Waals surface area contributed by atoms with Gasteiger partial charge >= 0.3 is 0 Å². The van der Waals surface area contributed by atoms with Gasteiger partial charge in [0, 0.05) is 30.8 Å². The number of amidine groups is 1. The third-order valence-corrected chi connectivity index (χ3v) is 3.52. The van der Waals surface area contributed by atoms with Crippen LogP contribution in [0.4, 0.5) is 4.39 Å². The quantitative estimate of drug-likeness (QED) is 0.665. The lowest BCUT2D eigenvalue weighted by molar-refractivity contribution is -0.182. The molecule has 1 aliphatic heterocycles. The van der Waals surface area contributed by atoms with Crippen LogP contribution in [0.5, 0.6) is 0 Å². The predicted molar refractivity (Wildman–Crippen MR) is 81.9 cm³/mol. The molecule has 0 spiro atoms. The van der Waals surface area contributed by atoms with Crippen molar-refractivity contribution in [1.82, 2.24) is 4.90 Å². The standard InChI is InChI=1S/C16H24FN3O/c1-15(2)9-20(10-16(3,4)21-15)8-12-6-5-11(14(18)19)7-13(12)17/h5-7H,8-10H2,1-4H3,(H3,18,19). The number of nitrogens with two attached hydrogens (primary N) is 1. The van der Waals surface area contributed by atoms with Gasteiger partial charge < -0.3 is 10.5 Å². The van der Waals surface area contributed by atoms with Crippen LogP contribution in [0.15, 0.2) is 18.2 Å². The molecule has 0 aliphatic carbocycles. The van der Waals surface area contributed by atoms with Gasteiger partial charge in [0.15, 0.2) is 0 Å². The van der Waals surface area contributed by atoms with E-state index in [0.717, 1.165) is 13.1 Å². The van der Waals surface area contributed by atoms with Gasteiger partial charge in [-0.3, -0.25) is 10.3 Å². The van der Waals surface area contributed by atoms with E-state index >= 15 is 0 Å². The van der Waals surface area contributed by atoms with Crippen LogP contribution < -0.4 is 5.73 Å². The van der Waals surface area contributed by atoms with Gasteiger partial charge in [0.2, 0.25) is 0 Å². The Hall–Kier alpha value is -1.46. The van der Waals surface area contributed by atoms with Crippen molar-refractivity contribution < 1.29 is 9.13 Å². The van der Waals surface area contributed by atoms with Gasteiger partial charge in [-0.15, -0.1) is 0 Å². The van der Waals surface area contributed by atoms with E-state index in [4.69, 9.17) is 15.9 Å². The predicted octanol–water partition coefficient (Wildman–Crippen LogP) is 2.50. The molecule has 0 radical (unpaired) electrons. The van der Waals surface area contributed by atoms with Gasteiger partial charge in [0.05, 0.1) is 11.2 Å². The number of hydrogen-bond acceptors (Lipinski definition) is 3. The van der Waals surface area contributed by atoms with Crippen molar-refractivity contribution in [1.29, 1.82) is 5.41 Å². The van der Waals surface area contributed by atoms with Crippen LogP contribution in [0.2, 0.25) is 0 Å². The van der Waals surface area contributed by atoms with Gasteiger partial charge in [0.1, 0.15) is 11.7 Å². The Bertz CT molecular complexity index is 538. The number of hydrogen-bond donors (Lipinski definition) is 2. The highest BCUT2D eigenvalue weighted by Crippen LogP contribution is 2.29. The molecule has 2 rings (SSSR count). The summed E-state index contributed by atoms with van der Waals surface area (Å²) in [6.07, 6.45) is 0. The summed E-state index contributed by atoms with van der Waals surface area (Å²) in [6, 6.07) is 4.73. The molecular formula is C16H24FN3O. The van der Waals surface area contributed by atoms with Crippen LogP contribution in [-0.2, 0) is 11.3 Å². The molecule has 1 fully saturated rings. The normalized spacial score (nSPS) is 21.2. The van der Waals surface area contributed by atoms with Crippen molar-refractivity contribution in [2.45, 2.75) is 45.4 Å². The number of rotatable bonds is 3. The molecule has 0 aromatic heterocycles. The Labute approximate surface area is 125 Å². The summed E-state index contributed by atoms with van der Waals surface area (Å²) in [4.78, 5) is 2.20. The molecule has 0 atom stereocenters. The molecule has 5 heteroatoms. The van der Waals surface area contributed by atoms with E-state index in [2.05, 4.69) is 32.6 Å². The number of nitrogens with zero attached hydrogens (tertiary/aromatic N) is 1. The molecule has 1 heterocycles. The van der Waals surface area contributed by atoms with Crippen LogP contribution in [-0.4, -0.2) is 35.0 Å². The monoisotopic (exact) mass is 293 g/mol. The number of ether oxygens (including phenoxy) is 1. The van der Waals surface area contributed by atoms with Gasteiger partial charge in [-0.2, -0.15) is 0 Å². The van der Waals surface area contributed by atoms with E-state index in [9.17, 15) is 4.39 Å². The summed E-state index contributed by atoms with van der Waals surface area (Å²) in [6.45, 7) is 10.2. The Morgan fingerprint density at radius 2 is 1.86 bits per heavy atom. The minimum Gasteiger partial charge on any atom is -0.384 e. The summed E-state index contributed by atoms with van der Waals surface area (Å²) >= 11 is 0. The van der Waals surface area contributed by atoms with Gasteiger partial charge in [0.25, 0.3) is 0 Å². The second-order valence-corrected chi connectivity index (χ2v) is 6.99. The number of benzene rings is 1. The highest BCUT2D eigenvalue weighted by Gasteiger charge is 2.38. The van der Waals surface area contributed by atoms with Gasteiger partial charge in [-0.05, 0) is 33.8 Å². The first-order valence-electron chi connectivity index (χ1n) is 7.13. The van der Waals surface area contributed by atoms with Gasteiger partial charge in [-0.25, -0.2) is 4.39 Å². The summed E-state index contributed by atoms with van der Waals surface area (Å²) in [5.74, 6) is -0.432. The zero-order valence-corrected chi connectivity index (χ0v) is 13.2. The first-order chi connectivity index (χ1) is 9.58. The second kappa shape index (κ2) is 5.39. The highest BCUT2D eigenvalue weighted by molar-refractivity contribution is 5.94. The highest BCUT2D eigenvalue weighted by atomic mass is 19.1. The molecule has 0 saturated carbocycles. The molecular weight excluding hydrogens is 269 g/mol. The summed E-state index contributed by atoms with van der Waals surface area (Å²) in [5.41, 5.74) is 5.91. The van der Waals surface area contributed by atoms with Crippen LogP contribution >= 0.6 is 0 Å². The smallest absolute Gasteiger partial charge is 0.128 e. The van der Waals surface area contributed by atoms with Crippen molar-refractivity contribution in [2.75, 3.05) is 13.1 Å². The van der Waals surface area contributed by atoms with E-state index in [1.807, 2.05) is 0 Å². The SMILES string of the molecule is CC1(C)CN(Cc2ccc(C(=N)N)cc2F)CC(C)(C)O1. The van der Waals surface area contributed by atoms with Crippen molar-refractivity contribution in [3.8, 4) is 0 Å². The maximum atomic E-state index is 14.1. The van der Waals surface area contributed by atoms with Crippen molar-refractivity contribution >= 4 is 5.84 Å². The third kappa shape index (κ3) is 4.02. The third-order valence-electron chi connectivity index (χ3n) is 3.52. The average Bonchev–Trinajstić information content (AvgIpc) is 2.27. The second-order valence-electron chi connectivity index (χ2n) is 6.99. The number of morpholine rings is 1. The molecule has 1 aromatic carbocycles. The maximum absolute atomic E-state index is 14.1. The Morgan fingerprint density at radius 3 is 2.33 bits per heavy atom. The van der Waals surface area contributed by atoms with E-state index in [1.54, 1.807) is 12.1 Å². The van der Waals surface area contributed by atoms with E-state index < -0.39 is 0 Å². The summed E-state index contributed by atoms with van der Waals surface area (Å²) in [5, 5.41) is 7.34. The molecule has 1 aliphatic rings. The molecule has 0 bridgehead atoms. The maximum Gasteiger partial charge on any atom is 0.128 e. The molecule has 0 amide bonds. The molecule has 3 N–H and O–H groups in total. The minimum atomic E-state index is -0.315. The first-order valence-corrected chi connectivity index (χ1v) is 7.13. The largest absolute Gasteiger partial charge is 0.384 e. The van der Waals surface area contributed by atoms with E-state index in [0.29, 0.717) is 17.7 Å². The summed E-state index contributed by atoms with van der Waals surface area (Å²) < 4.78 is 20.2. The molecule has 21 heavy (non-hydrogen) atoms. The fourth-order valence-electron chi connectivity index (χ4n) is 3.14. The van der Waals surface area contributed by atoms with E-state index in [1.165, 1.54) is 6.07 Å². The lowest BCUT2D eigenvalue weighted by atomic mass is 9.98. The van der Waals surface area contributed by atoms with Crippen LogP contribution in [0, 0.1) is 11.2 Å². The Morgan fingerprint density at radius 1 is 1.29 bits per heavy atom. The molecule has 116 valence electrons. The molecule has 1 aromatic rings. The van der Waals surface area contributed by atoms with Crippen LogP contribution in [0.3, 0.4) is 0 Å². The zero-order valence-electron chi connectivity index (χ0n) is 13.2. The summed E-state index contributed by atoms with van der Waals surface area (Å²) in [7, 11) is 0. The van der Waals surface area contributed by atoms with Crippen molar-refractivity contribution in [3.05, 3.63) is 35.1 Å². The molecule has 4 nitrogen and oxygen atoms in total. The number of nitrogen functional groups attached to an aromatic ring is 1. The number of halogens is 1. The van der Waals surface area contributed by atoms with Crippen LogP contribution in [0.25, 0.3) is 0 Å². The molecule has 1 saturated heterocycles.